The third-order valence-corrected chi connectivity index (χ3v) is 9.04. The number of nitro benzene ring substituents is 1. The molecule has 38 heavy (non-hydrogen) atoms. The number of rotatable bonds is 7. The zero-order chi connectivity index (χ0) is 27.1. The molecule has 1 fully saturated rings. The van der Waals surface area contributed by atoms with E-state index in [4.69, 9.17) is 9.47 Å². The molecule has 0 spiro atoms. The highest BCUT2D eigenvalue weighted by molar-refractivity contribution is 8.00. The van der Waals surface area contributed by atoms with Crippen molar-refractivity contribution in [2.45, 2.75) is 29.7 Å². The van der Waals surface area contributed by atoms with Crippen LogP contribution in [0, 0.1) is 16.0 Å². The van der Waals surface area contributed by atoms with Crippen LogP contribution in [0.3, 0.4) is 0 Å². The normalized spacial score (nSPS) is 20.2. The number of fused-ring (bicyclic) bond motifs is 2. The number of thioether (sulfide) groups is 1. The second-order valence-electron chi connectivity index (χ2n) is 8.53. The van der Waals surface area contributed by atoms with Crippen LogP contribution < -0.4 is 14.5 Å². The smallest absolute Gasteiger partial charge is 0.326 e. The first kappa shape index (κ1) is 25.7. The van der Waals surface area contributed by atoms with Gasteiger partial charge in [-0.05, 0) is 36.8 Å². The number of hydrogen-bond donors (Lipinski definition) is 0. The Morgan fingerprint density at radius 2 is 1.74 bits per heavy atom. The van der Waals surface area contributed by atoms with E-state index in [2.05, 4.69) is 0 Å². The summed E-state index contributed by atoms with van der Waals surface area (Å²) in [6, 6.07) is 12.2. The second kappa shape index (κ2) is 10.1. The van der Waals surface area contributed by atoms with Crippen LogP contribution in [0.15, 0.2) is 58.4 Å². The molecule has 0 bridgehead atoms. The lowest BCUT2D eigenvalue weighted by molar-refractivity contribution is -0.384. The second-order valence-corrected chi connectivity index (χ2v) is 10.7. The van der Waals surface area contributed by atoms with Crippen molar-refractivity contribution in [1.29, 1.82) is 0 Å². The van der Waals surface area contributed by atoms with Crippen LogP contribution in [-0.2, 0) is 25.7 Å². The highest BCUT2D eigenvalue weighted by atomic mass is 32.2. The zero-order valence-corrected chi connectivity index (χ0v) is 21.8. The number of esters is 1. The minimum absolute atomic E-state index is 0.156. The first-order valence-corrected chi connectivity index (χ1v) is 13.3. The van der Waals surface area contributed by atoms with Crippen LogP contribution >= 0.6 is 23.1 Å². The summed E-state index contributed by atoms with van der Waals surface area (Å²) in [5.74, 6) is -2.42. The quantitative estimate of drug-likeness (QED) is 0.186. The van der Waals surface area contributed by atoms with Gasteiger partial charge in [0.05, 0.1) is 35.3 Å². The molecule has 0 radical (unpaired) electrons. The largest absolute Gasteiger partial charge is 0.497 e. The number of nitrogens with zero attached hydrogens (tertiary/aromatic N) is 3. The fraction of sp³-hybridized carbons (Fsp3) is 0.280. The molecule has 0 N–H and O–H groups in total. The number of aromatic nitrogens is 1. The summed E-state index contributed by atoms with van der Waals surface area (Å²) >= 11 is 2.01. The number of hydrogen-bond acceptors (Lipinski definition) is 10. The van der Waals surface area contributed by atoms with Crippen LogP contribution in [0.5, 0.6) is 5.75 Å². The van der Waals surface area contributed by atoms with E-state index in [0.29, 0.717) is 21.2 Å². The molecule has 1 saturated heterocycles. The molecule has 2 aliphatic rings. The Morgan fingerprint density at radius 1 is 1.05 bits per heavy atom. The van der Waals surface area contributed by atoms with Crippen LogP contribution in [0.2, 0.25) is 0 Å². The Morgan fingerprint density at radius 3 is 2.34 bits per heavy atom. The Bertz CT molecular complexity index is 1500. The van der Waals surface area contributed by atoms with Gasteiger partial charge in [0.15, 0.2) is 0 Å². The van der Waals surface area contributed by atoms with E-state index in [1.165, 1.54) is 35.9 Å². The van der Waals surface area contributed by atoms with E-state index >= 15 is 0 Å². The Kier molecular flexibility index (Phi) is 6.80. The molecule has 0 saturated carbocycles. The number of ether oxygens (including phenoxy) is 2. The number of thiazole rings is 1. The van der Waals surface area contributed by atoms with E-state index in [1.54, 1.807) is 31.2 Å². The molecule has 3 unspecified atom stereocenters. The summed E-state index contributed by atoms with van der Waals surface area (Å²) in [4.78, 5) is 64.5. The van der Waals surface area contributed by atoms with E-state index in [0.717, 1.165) is 28.0 Å². The predicted octanol–water partition coefficient (Wildman–Crippen LogP) is 3.19. The lowest BCUT2D eigenvalue weighted by Gasteiger charge is -2.30. The van der Waals surface area contributed by atoms with E-state index < -0.39 is 39.8 Å². The lowest BCUT2D eigenvalue weighted by Crippen LogP contribution is -2.32. The van der Waals surface area contributed by atoms with E-state index in [-0.39, 0.29) is 29.4 Å². The Labute approximate surface area is 224 Å². The standard InChI is InChI=1S/C25H21N3O8S2/c1-3-36-17(29)12-26-24-21(38-25(26)32)18(13-4-10-16(35-2)11-5-13)19-20(37-24)23(31)27(22(19)30)14-6-8-15(9-7-14)28(33)34/h4-11,18-20H,3,12H2,1-2H3. The molecule has 13 heteroatoms. The first-order valence-electron chi connectivity index (χ1n) is 11.6. The molecule has 11 nitrogen and oxygen atoms in total. The zero-order valence-electron chi connectivity index (χ0n) is 20.2. The van der Waals surface area contributed by atoms with Crippen molar-refractivity contribution >= 4 is 52.3 Å². The third kappa shape index (κ3) is 4.27. The number of carbonyl (C=O) groups is 3. The van der Waals surface area contributed by atoms with Crippen molar-refractivity contribution in [3.63, 3.8) is 0 Å². The van der Waals surface area contributed by atoms with Gasteiger partial charge in [-0.1, -0.05) is 35.2 Å². The van der Waals surface area contributed by atoms with Gasteiger partial charge in [0.1, 0.15) is 17.5 Å². The van der Waals surface area contributed by atoms with Crippen LogP contribution in [0.1, 0.15) is 23.3 Å². The van der Waals surface area contributed by atoms with Gasteiger partial charge in [-0.2, -0.15) is 0 Å². The summed E-state index contributed by atoms with van der Waals surface area (Å²) < 4.78 is 11.6. The molecule has 5 rings (SSSR count). The van der Waals surface area contributed by atoms with Gasteiger partial charge in [-0.3, -0.25) is 33.9 Å². The molecule has 2 aromatic carbocycles. The van der Waals surface area contributed by atoms with Gasteiger partial charge in [0.25, 0.3) is 5.69 Å². The van der Waals surface area contributed by atoms with Crippen molar-refractivity contribution in [3.8, 4) is 5.75 Å². The van der Waals surface area contributed by atoms with Gasteiger partial charge >= 0.3 is 10.8 Å². The fourth-order valence-corrected chi connectivity index (χ4v) is 7.51. The van der Waals surface area contributed by atoms with Gasteiger partial charge in [0, 0.05) is 22.9 Å². The number of anilines is 1. The summed E-state index contributed by atoms with van der Waals surface area (Å²) in [7, 11) is 1.53. The minimum atomic E-state index is -0.875. The molecule has 3 heterocycles. The number of benzene rings is 2. The van der Waals surface area contributed by atoms with Crippen LogP contribution in [0.25, 0.3) is 0 Å². The minimum Gasteiger partial charge on any atom is -0.497 e. The maximum absolute atomic E-state index is 13.8. The van der Waals surface area contributed by atoms with Gasteiger partial charge < -0.3 is 9.47 Å². The van der Waals surface area contributed by atoms with Crippen molar-refractivity contribution < 1.29 is 28.8 Å². The molecule has 2 aliphatic heterocycles. The Balaban J connectivity index is 1.61. The number of amides is 2. The molecular formula is C25H21N3O8S2. The summed E-state index contributed by atoms with van der Waals surface area (Å²) in [6.45, 7) is 1.51. The first-order chi connectivity index (χ1) is 18.2. The number of methoxy groups -OCH3 is 1. The number of non-ortho nitro benzene ring substituents is 1. The number of carbonyl (C=O) groups excluding carboxylic acids is 3. The molecule has 0 aliphatic carbocycles. The van der Waals surface area contributed by atoms with Crippen molar-refractivity contribution in [2.75, 3.05) is 18.6 Å². The molecular weight excluding hydrogens is 534 g/mol. The molecule has 1 aromatic heterocycles. The predicted molar refractivity (Wildman–Crippen MR) is 139 cm³/mol. The lowest BCUT2D eigenvalue weighted by atomic mass is 9.83. The SMILES string of the molecule is CCOC(=O)Cn1c2c(sc1=O)C(c1ccc(OC)cc1)C1C(=O)N(c3ccc([N+](=O)[O-])cc3)C(=O)C1S2. The van der Waals surface area contributed by atoms with Gasteiger partial charge in [-0.15, -0.1) is 0 Å². The van der Waals surface area contributed by atoms with Crippen molar-refractivity contribution in [2.24, 2.45) is 5.92 Å². The fourth-order valence-electron chi connectivity index (χ4n) is 4.74. The average molecular weight is 556 g/mol. The number of imide groups is 1. The summed E-state index contributed by atoms with van der Waals surface area (Å²) in [5, 5.41) is 10.6. The van der Waals surface area contributed by atoms with Gasteiger partial charge in [0.2, 0.25) is 11.8 Å². The number of nitro groups is 1. The Hall–Kier alpha value is -3.97. The highest BCUT2D eigenvalue weighted by Gasteiger charge is 2.56. The van der Waals surface area contributed by atoms with Crippen LogP contribution in [0.4, 0.5) is 11.4 Å². The van der Waals surface area contributed by atoms with E-state index in [1.807, 2.05) is 0 Å². The molecule has 3 aromatic rings. The molecule has 2 amide bonds. The maximum Gasteiger partial charge on any atom is 0.326 e. The topological polar surface area (TPSA) is 138 Å². The van der Waals surface area contributed by atoms with E-state index in [9.17, 15) is 29.3 Å². The summed E-state index contributed by atoms with van der Waals surface area (Å²) in [5.41, 5.74) is 0.765. The molecule has 3 atom stereocenters. The maximum atomic E-state index is 13.8. The monoisotopic (exact) mass is 555 g/mol. The van der Waals surface area contributed by atoms with Crippen molar-refractivity contribution in [1.82, 2.24) is 4.57 Å². The third-order valence-electron chi connectivity index (χ3n) is 6.44. The highest BCUT2D eigenvalue weighted by Crippen LogP contribution is 2.54. The average Bonchev–Trinajstić information content (AvgIpc) is 3.35. The van der Waals surface area contributed by atoms with Gasteiger partial charge in [-0.25, -0.2) is 4.90 Å². The molecule has 196 valence electrons. The van der Waals surface area contributed by atoms with Crippen LogP contribution in [-0.4, -0.2) is 46.2 Å². The summed E-state index contributed by atoms with van der Waals surface area (Å²) in [6.07, 6.45) is 0. The van der Waals surface area contributed by atoms with Crippen molar-refractivity contribution in [3.05, 3.63) is 78.8 Å².